The lowest BCUT2D eigenvalue weighted by molar-refractivity contribution is -0.0725. The summed E-state index contributed by atoms with van der Waals surface area (Å²) < 4.78 is 5.21. The number of anilines is 1. The molecule has 19 heavy (non-hydrogen) atoms. The Hall–Kier alpha value is -1.46. The largest absolute Gasteiger partial charge is 0.384 e. The third-order valence-corrected chi connectivity index (χ3v) is 4.06. The number of hydrogen-bond donors (Lipinski definition) is 1. The van der Waals surface area contributed by atoms with Crippen molar-refractivity contribution in [2.45, 2.75) is 18.9 Å². The van der Waals surface area contributed by atoms with Crippen LogP contribution in [0.2, 0.25) is 0 Å². The van der Waals surface area contributed by atoms with Crippen LogP contribution in [0.3, 0.4) is 0 Å². The molecule has 0 saturated carbocycles. The molecule has 2 N–H and O–H groups in total. The Morgan fingerprint density at radius 3 is 2.63 bits per heavy atom. The molecule has 102 valence electrons. The maximum absolute atomic E-state index is 12.4. The fourth-order valence-corrected chi connectivity index (χ4v) is 2.76. The van der Waals surface area contributed by atoms with Crippen molar-refractivity contribution in [1.29, 1.82) is 0 Å². The van der Waals surface area contributed by atoms with Crippen molar-refractivity contribution < 1.29 is 9.53 Å². The van der Waals surface area contributed by atoms with Gasteiger partial charge in [-0.1, -0.05) is 6.07 Å². The molecule has 0 unspecified atom stereocenters. The van der Waals surface area contributed by atoms with Crippen LogP contribution in [0.5, 0.6) is 0 Å². The number of piperidine rings is 1. The SMILES string of the molecule is Nc1cccc(C(=O)C2CCN(C3COC3)CC2)n1. The Morgan fingerprint density at radius 2 is 2.05 bits per heavy atom. The van der Waals surface area contributed by atoms with Gasteiger partial charge in [-0.2, -0.15) is 0 Å². The molecule has 0 aromatic carbocycles. The Balaban J connectivity index is 1.60. The molecule has 2 fully saturated rings. The van der Waals surface area contributed by atoms with Crippen molar-refractivity contribution in [2.24, 2.45) is 5.92 Å². The van der Waals surface area contributed by atoms with Crippen molar-refractivity contribution in [1.82, 2.24) is 9.88 Å². The third kappa shape index (κ3) is 2.62. The second-order valence-corrected chi connectivity index (χ2v) is 5.31. The number of Topliss-reactive ketones (excluding diaryl/α,β-unsaturated/α-hetero) is 1. The minimum atomic E-state index is 0.0894. The highest BCUT2D eigenvalue weighted by molar-refractivity contribution is 5.96. The molecule has 3 heterocycles. The number of nitrogen functional groups attached to an aromatic ring is 1. The highest BCUT2D eigenvalue weighted by Gasteiger charge is 2.32. The number of ether oxygens (including phenoxy) is 1. The van der Waals surface area contributed by atoms with Gasteiger partial charge in [-0.25, -0.2) is 4.98 Å². The van der Waals surface area contributed by atoms with E-state index in [1.165, 1.54) is 0 Å². The summed E-state index contributed by atoms with van der Waals surface area (Å²) in [4.78, 5) is 18.9. The number of rotatable bonds is 3. The first-order chi connectivity index (χ1) is 9.24. The minimum absolute atomic E-state index is 0.0894. The van der Waals surface area contributed by atoms with Gasteiger partial charge in [-0.15, -0.1) is 0 Å². The van der Waals surface area contributed by atoms with E-state index in [-0.39, 0.29) is 11.7 Å². The van der Waals surface area contributed by atoms with Crippen molar-refractivity contribution in [3.8, 4) is 0 Å². The molecule has 2 aliphatic heterocycles. The highest BCUT2D eigenvalue weighted by Crippen LogP contribution is 2.24. The number of aromatic nitrogens is 1. The number of hydrogen-bond acceptors (Lipinski definition) is 5. The lowest BCUT2D eigenvalue weighted by Crippen LogP contribution is -2.52. The maximum Gasteiger partial charge on any atom is 0.184 e. The fraction of sp³-hybridized carbons (Fsp3) is 0.571. The van der Waals surface area contributed by atoms with E-state index in [0.29, 0.717) is 17.6 Å². The Labute approximate surface area is 112 Å². The zero-order valence-corrected chi connectivity index (χ0v) is 10.9. The molecule has 2 aliphatic rings. The molecule has 0 spiro atoms. The van der Waals surface area contributed by atoms with Gasteiger partial charge in [-0.3, -0.25) is 9.69 Å². The van der Waals surface area contributed by atoms with E-state index >= 15 is 0 Å². The summed E-state index contributed by atoms with van der Waals surface area (Å²) in [6, 6.07) is 5.82. The van der Waals surface area contributed by atoms with Crippen LogP contribution in [0.1, 0.15) is 23.3 Å². The molecule has 0 atom stereocenters. The summed E-state index contributed by atoms with van der Waals surface area (Å²) in [5.74, 6) is 0.637. The lowest BCUT2D eigenvalue weighted by atomic mass is 9.90. The molecule has 5 heteroatoms. The predicted molar refractivity (Wildman–Crippen MR) is 71.9 cm³/mol. The van der Waals surface area contributed by atoms with Gasteiger partial charge in [0.15, 0.2) is 5.78 Å². The highest BCUT2D eigenvalue weighted by atomic mass is 16.5. The number of nitrogens with zero attached hydrogens (tertiary/aromatic N) is 2. The van der Waals surface area contributed by atoms with Gasteiger partial charge in [-0.05, 0) is 38.1 Å². The fourth-order valence-electron chi connectivity index (χ4n) is 2.76. The number of ketones is 1. The standard InChI is InChI=1S/C14H19N3O2/c15-13-3-1-2-12(16-13)14(18)10-4-6-17(7-5-10)11-8-19-9-11/h1-3,10-11H,4-9H2,(H2,15,16). The molecule has 0 radical (unpaired) electrons. The van der Waals surface area contributed by atoms with E-state index in [1.54, 1.807) is 18.2 Å². The second-order valence-electron chi connectivity index (χ2n) is 5.31. The van der Waals surface area contributed by atoms with Crippen LogP contribution in [-0.2, 0) is 4.74 Å². The second kappa shape index (κ2) is 5.27. The first kappa shape index (κ1) is 12.6. The van der Waals surface area contributed by atoms with Crippen LogP contribution in [0.25, 0.3) is 0 Å². The third-order valence-electron chi connectivity index (χ3n) is 4.06. The summed E-state index contributed by atoms with van der Waals surface area (Å²) in [7, 11) is 0. The number of nitrogens with two attached hydrogens (primary N) is 1. The van der Waals surface area contributed by atoms with Crippen molar-refractivity contribution in [2.75, 3.05) is 32.0 Å². The van der Waals surface area contributed by atoms with Crippen molar-refractivity contribution >= 4 is 11.6 Å². The van der Waals surface area contributed by atoms with Gasteiger partial charge in [0.05, 0.1) is 19.3 Å². The van der Waals surface area contributed by atoms with E-state index in [9.17, 15) is 4.79 Å². The molecule has 0 bridgehead atoms. The summed E-state index contributed by atoms with van der Waals surface area (Å²) in [6.07, 6.45) is 1.82. The number of pyridine rings is 1. The molecule has 5 nitrogen and oxygen atoms in total. The van der Waals surface area contributed by atoms with Crippen molar-refractivity contribution in [3.63, 3.8) is 0 Å². The lowest BCUT2D eigenvalue weighted by Gasteiger charge is -2.41. The van der Waals surface area contributed by atoms with E-state index in [4.69, 9.17) is 10.5 Å². The average molecular weight is 261 g/mol. The number of likely N-dealkylation sites (tertiary alicyclic amines) is 1. The average Bonchev–Trinajstić information content (AvgIpc) is 2.37. The molecule has 1 aromatic heterocycles. The number of carbonyl (C=O) groups excluding carboxylic acids is 1. The number of carbonyl (C=O) groups is 1. The van der Waals surface area contributed by atoms with Crippen LogP contribution in [0.15, 0.2) is 18.2 Å². The first-order valence-electron chi connectivity index (χ1n) is 6.82. The molecule has 3 rings (SSSR count). The van der Waals surface area contributed by atoms with Crippen LogP contribution >= 0.6 is 0 Å². The van der Waals surface area contributed by atoms with Gasteiger partial charge in [0.25, 0.3) is 0 Å². The Morgan fingerprint density at radius 1 is 1.32 bits per heavy atom. The predicted octanol–water partition coefficient (Wildman–Crippen LogP) is 0.957. The molecular formula is C14H19N3O2. The molecule has 1 aromatic rings. The van der Waals surface area contributed by atoms with E-state index < -0.39 is 0 Å². The van der Waals surface area contributed by atoms with Crippen molar-refractivity contribution in [3.05, 3.63) is 23.9 Å². The van der Waals surface area contributed by atoms with E-state index in [1.807, 2.05) is 0 Å². The quantitative estimate of drug-likeness (QED) is 0.821. The summed E-state index contributed by atoms with van der Waals surface area (Å²) in [5.41, 5.74) is 6.13. The Kier molecular flexibility index (Phi) is 3.48. The topological polar surface area (TPSA) is 68.5 Å². The van der Waals surface area contributed by atoms with Gasteiger partial charge in [0.1, 0.15) is 11.5 Å². The monoisotopic (exact) mass is 261 g/mol. The maximum atomic E-state index is 12.4. The van der Waals surface area contributed by atoms with Crippen LogP contribution in [0.4, 0.5) is 5.82 Å². The zero-order valence-electron chi connectivity index (χ0n) is 10.9. The van der Waals surface area contributed by atoms with Crippen LogP contribution in [-0.4, -0.2) is 48.0 Å². The molecular weight excluding hydrogens is 242 g/mol. The van der Waals surface area contributed by atoms with Crippen LogP contribution in [0, 0.1) is 5.92 Å². The summed E-state index contributed by atoms with van der Waals surface area (Å²) in [5, 5.41) is 0. The molecule has 0 aliphatic carbocycles. The normalized spacial score (nSPS) is 22.1. The summed E-state index contributed by atoms with van der Waals surface area (Å²) >= 11 is 0. The Bertz CT molecular complexity index is 466. The molecule has 0 amide bonds. The van der Waals surface area contributed by atoms with Gasteiger partial charge >= 0.3 is 0 Å². The van der Waals surface area contributed by atoms with Gasteiger partial charge < -0.3 is 10.5 Å². The van der Waals surface area contributed by atoms with Gasteiger partial charge in [0, 0.05) is 5.92 Å². The first-order valence-corrected chi connectivity index (χ1v) is 6.82. The zero-order chi connectivity index (χ0) is 13.2. The molecule has 2 saturated heterocycles. The smallest absolute Gasteiger partial charge is 0.184 e. The van der Waals surface area contributed by atoms with Gasteiger partial charge in [0.2, 0.25) is 0 Å². The summed E-state index contributed by atoms with van der Waals surface area (Å²) in [6.45, 7) is 3.64. The van der Waals surface area contributed by atoms with E-state index in [0.717, 1.165) is 39.1 Å². The van der Waals surface area contributed by atoms with Crippen LogP contribution < -0.4 is 5.73 Å². The minimum Gasteiger partial charge on any atom is -0.384 e. The van der Waals surface area contributed by atoms with E-state index in [2.05, 4.69) is 9.88 Å².